The van der Waals surface area contributed by atoms with Crippen LogP contribution >= 0.6 is 0 Å². The number of amides is 5. The van der Waals surface area contributed by atoms with Crippen LogP contribution in [-0.4, -0.2) is 82.3 Å². The van der Waals surface area contributed by atoms with Crippen molar-refractivity contribution in [3.8, 4) is 0 Å². The number of hydrogen-bond acceptors (Lipinski definition) is 7. The predicted octanol–water partition coefficient (Wildman–Crippen LogP) is 1.08. The third kappa shape index (κ3) is 5.38. The Morgan fingerprint density at radius 3 is 2.49 bits per heavy atom. The summed E-state index contributed by atoms with van der Waals surface area (Å²) in [5.74, 6) is -1.79. The quantitative estimate of drug-likeness (QED) is 0.543. The minimum Gasteiger partial charge on any atom is -0.433 e. The van der Waals surface area contributed by atoms with Crippen LogP contribution in [0.15, 0.2) is 30.3 Å². The van der Waals surface area contributed by atoms with Crippen molar-refractivity contribution in [3.63, 3.8) is 0 Å². The Hall–Kier alpha value is -3.67. The number of hydrazine groups is 2. The molecule has 0 spiro atoms. The van der Waals surface area contributed by atoms with Crippen LogP contribution in [-0.2, 0) is 23.9 Å². The smallest absolute Gasteiger partial charge is 0.358 e. The van der Waals surface area contributed by atoms with E-state index in [1.165, 1.54) is 5.01 Å². The van der Waals surface area contributed by atoms with E-state index in [9.17, 15) is 24.0 Å². The van der Waals surface area contributed by atoms with Gasteiger partial charge in [0.1, 0.15) is 12.1 Å². The van der Waals surface area contributed by atoms with Gasteiger partial charge in [0.05, 0.1) is 19.1 Å². The SMILES string of the molecule is O=C1C[C@H](NC(=O)[C@@H]2CCCN3C(=O)CCN(NC(=O)c4ccccc4)C(=O)N23)C(OC2CCCC2)O1. The Balaban J connectivity index is 1.30. The molecule has 2 N–H and O–H groups in total. The van der Waals surface area contributed by atoms with E-state index in [1.807, 2.05) is 0 Å². The van der Waals surface area contributed by atoms with E-state index in [4.69, 9.17) is 9.47 Å². The molecule has 1 aromatic carbocycles. The van der Waals surface area contributed by atoms with Gasteiger partial charge in [-0.25, -0.2) is 19.8 Å². The van der Waals surface area contributed by atoms with Crippen molar-refractivity contribution in [3.05, 3.63) is 35.9 Å². The number of cyclic esters (lactones) is 1. The average Bonchev–Trinajstić information content (AvgIpc) is 3.52. The van der Waals surface area contributed by atoms with Crippen molar-refractivity contribution < 1.29 is 33.4 Å². The summed E-state index contributed by atoms with van der Waals surface area (Å²) in [6, 6.07) is 6.04. The second kappa shape index (κ2) is 10.8. The Morgan fingerprint density at radius 2 is 1.73 bits per heavy atom. The van der Waals surface area contributed by atoms with Crippen LogP contribution in [0.2, 0.25) is 0 Å². The molecule has 1 aliphatic carbocycles. The van der Waals surface area contributed by atoms with E-state index in [2.05, 4.69) is 10.7 Å². The Morgan fingerprint density at radius 1 is 0.973 bits per heavy atom. The molecule has 0 radical (unpaired) electrons. The molecule has 3 aliphatic heterocycles. The molecular formula is C25H31N5O7. The van der Waals surface area contributed by atoms with Gasteiger partial charge in [0.25, 0.3) is 5.91 Å². The van der Waals surface area contributed by atoms with Crippen LogP contribution in [0, 0.1) is 0 Å². The summed E-state index contributed by atoms with van der Waals surface area (Å²) in [5.41, 5.74) is 2.93. The highest BCUT2D eigenvalue weighted by Crippen LogP contribution is 2.28. The fourth-order valence-corrected chi connectivity index (χ4v) is 5.26. The maximum absolute atomic E-state index is 13.6. The number of nitrogens with zero attached hydrogens (tertiary/aromatic N) is 3. The van der Waals surface area contributed by atoms with Gasteiger partial charge >= 0.3 is 12.0 Å². The van der Waals surface area contributed by atoms with E-state index >= 15 is 0 Å². The van der Waals surface area contributed by atoms with Crippen molar-refractivity contribution >= 4 is 29.7 Å². The van der Waals surface area contributed by atoms with Gasteiger partial charge in [0.2, 0.25) is 18.1 Å². The highest BCUT2D eigenvalue weighted by atomic mass is 16.7. The van der Waals surface area contributed by atoms with E-state index in [0.717, 1.165) is 35.7 Å². The van der Waals surface area contributed by atoms with Crippen molar-refractivity contribution in [2.75, 3.05) is 13.1 Å². The van der Waals surface area contributed by atoms with Crippen LogP contribution in [0.5, 0.6) is 0 Å². The lowest BCUT2D eigenvalue weighted by atomic mass is 10.1. The molecule has 3 heterocycles. The number of benzene rings is 1. The van der Waals surface area contributed by atoms with E-state index in [0.29, 0.717) is 18.4 Å². The minimum atomic E-state index is -0.998. The molecule has 5 rings (SSSR count). The third-order valence-electron chi connectivity index (χ3n) is 7.16. The molecule has 1 unspecified atom stereocenters. The molecule has 3 saturated heterocycles. The molecule has 12 heteroatoms. The molecule has 12 nitrogen and oxygen atoms in total. The molecular weight excluding hydrogens is 482 g/mol. The molecule has 3 atom stereocenters. The number of nitrogens with one attached hydrogen (secondary N) is 2. The van der Waals surface area contributed by atoms with Crippen molar-refractivity contribution in [2.24, 2.45) is 0 Å². The average molecular weight is 514 g/mol. The van der Waals surface area contributed by atoms with Crippen LogP contribution < -0.4 is 10.7 Å². The second-order valence-corrected chi connectivity index (χ2v) is 9.73. The fraction of sp³-hybridized carbons (Fsp3) is 0.560. The molecule has 1 aromatic rings. The third-order valence-corrected chi connectivity index (χ3v) is 7.16. The number of esters is 1. The van der Waals surface area contributed by atoms with Gasteiger partial charge in [0.15, 0.2) is 0 Å². The summed E-state index contributed by atoms with van der Waals surface area (Å²) in [6.45, 7) is 0.257. The maximum atomic E-state index is 13.6. The minimum absolute atomic E-state index is 0.00603. The van der Waals surface area contributed by atoms with Crippen LogP contribution in [0.1, 0.15) is 61.7 Å². The number of ether oxygens (including phenoxy) is 2. The van der Waals surface area contributed by atoms with Gasteiger partial charge in [-0.2, -0.15) is 0 Å². The molecule has 1 saturated carbocycles. The lowest BCUT2D eigenvalue weighted by Crippen LogP contribution is -2.65. The first kappa shape index (κ1) is 25.0. The largest absolute Gasteiger partial charge is 0.433 e. The topological polar surface area (TPSA) is 138 Å². The van der Waals surface area contributed by atoms with Crippen LogP contribution in [0.4, 0.5) is 4.79 Å². The second-order valence-electron chi connectivity index (χ2n) is 9.73. The zero-order valence-electron chi connectivity index (χ0n) is 20.5. The first-order valence-electron chi connectivity index (χ1n) is 12.8. The molecule has 37 heavy (non-hydrogen) atoms. The van der Waals surface area contributed by atoms with Gasteiger partial charge in [0, 0.05) is 18.5 Å². The van der Waals surface area contributed by atoms with Crippen molar-refractivity contribution in [1.29, 1.82) is 0 Å². The number of carbonyl (C=O) groups excluding carboxylic acids is 5. The summed E-state index contributed by atoms with van der Waals surface area (Å²) >= 11 is 0. The molecule has 4 aliphatic rings. The summed E-state index contributed by atoms with van der Waals surface area (Å²) in [7, 11) is 0. The van der Waals surface area contributed by atoms with Gasteiger partial charge in [-0.15, -0.1) is 0 Å². The van der Waals surface area contributed by atoms with Gasteiger partial charge in [-0.05, 0) is 37.8 Å². The highest BCUT2D eigenvalue weighted by molar-refractivity contribution is 5.96. The zero-order valence-corrected chi connectivity index (χ0v) is 20.5. The number of carbonyl (C=O) groups is 5. The van der Waals surface area contributed by atoms with Gasteiger partial charge in [-0.1, -0.05) is 31.0 Å². The summed E-state index contributed by atoms with van der Waals surface area (Å²) < 4.78 is 11.3. The lowest BCUT2D eigenvalue weighted by molar-refractivity contribution is -0.177. The summed E-state index contributed by atoms with van der Waals surface area (Å²) in [5, 5.41) is 6.32. The highest BCUT2D eigenvalue weighted by Gasteiger charge is 2.46. The molecule has 4 fully saturated rings. The predicted molar refractivity (Wildman–Crippen MR) is 127 cm³/mol. The number of urea groups is 1. The summed E-state index contributed by atoms with van der Waals surface area (Å²) in [6.07, 6.45) is 3.73. The first-order valence-corrected chi connectivity index (χ1v) is 12.8. The van der Waals surface area contributed by atoms with Crippen molar-refractivity contribution in [1.82, 2.24) is 25.8 Å². The molecule has 0 bridgehead atoms. The van der Waals surface area contributed by atoms with E-state index in [-0.39, 0.29) is 37.9 Å². The maximum Gasteiger partial charge on any atom is 0.358 e. The van der Waals surface area contributed by atoms with Gasteiger partial charge < -0.3 is 14.8 Å². The Kier molecular flexibility index (Phi) is 7.26. The normalized spacial score (nSPS) is 26.5. The fourth-order valence-electron chi connectivity index (χ4n) is 5.26. The Labute approximate surface area is 214 Å². The van der Waals surface area contributed by atoms with E-state index < -0.39 is 42.2 Å². The number of hydrogen-bond donors (Lipinski definition) is 2. The number of fused-ring (bicyclic) bond motifs is 1. The molecule has 198 valence electrons. The standard InChI is InChI=1S/C25H31N5O7/c31-20-12-14-28(27-22(33)16-7-2-1-3-8-16)25(35)30-19(11-6-13-29(20)30)23(34)26-18-15-21(32)37-24(18)36-17-9-4-5-10-17/h1-3,7-8,17-19,24H,4-6,9-15H2,(H,26,34)(H,27,33)/t18-,19-,24?/m0/s1. The Bertz CT molecular complexity index is 1060. The monoisotopic (exact) mass is 513 g/mol. The molecule has 5 amide bonds. The van der Waals surface area contributed by atoms with Crippen LogP contribution in [0.25, 0.3) is 0 Å². The van der Waals surface area contributed by atoms with Crippen molar-refractivity contribution in [2.45, 2.75) is 75.8 Å². The lowest BCUT2D eigenvalue weighted by Gasteiger charge is -2.43. The summed E-state index contributed by atoms with van der Waals surface area (Å²) in [4.78, 5) is 64.6. The zero-order chi connectivity index (χ0) is 25.9. The first-order chi connectivity index (χ1) is 17.9. The van der Waals surface area contributed by atoms with Crippen LogP contribution in [0.3, 0.4) is 0 Å². The molecule has 0 aromatic heterocycles. The van der Waals surface area contributed by atoms with E-state index in [1.54, 1.807) is 30.3 Å². The van der Waals surface area contributed by atoms with Gasteiger partial charge in [-0.3, -0.25) is 24.6 Å². The number of rotatable bonds is 6.